The lowest BCUT2D eigenvalue weighted by Gasteiger charge is -2.05. The Morgan fingerprint density at radius 2 is 1.73 bits per heavy atom. The number of benzene rings is 1. The molecule has 0 aromatic heterocycles. The zero-order valence-corrected chi connectivity index (χ0v) is 9.55. The highest BCUT2D eigenvalue weighted by Gasteiger charge is 2.11. The van der Waals surface area contributed by atoms with E-state index < -0.39 is 12.0 Å². The number of halogens is 2. The van der Waals surface area contributed by atoms with Crippen LogP contribution in [0.5, 0.6) is 0 Å². The van der Waals surface area contributed by atoms with Gasteiger partial charge >= 0.3 is 5.97 Å². The molecule has 0 aliphatic heterocycles. The number of hydrogen-bond acceptors (Lipinski definition) is 3. The smallest absolute Gasteiger partial charge is 0.320 e. The monoisotopic (exact) mass is 252 g/mol. The second kappa shape index (κ2) is 7.34. The quantitative estimate of drug-likeness (QED) is 0.703. The van der Waals surface area contributed by atoms with E-state index in [0.29, 0.717) is 12.1 Å². The van der Waals surface area contributed by atoms with Gasteiger partial charge in [-0.15, -0.1) is 24.8 Å². The number of carboxylic acid groups (broad SMARTS) is 1. The SMILES string of the molecule is Cl.Cl.Nc1ccc(C[C@H](N)C(=O)O)cc1. The Hall–Kier alpha value is -0.970. The van der Waals surface area contributed by atoms with E-state index in [1.165, 1.54) is 0 Å². The molecule has 86 valence electrons. The lowest BCUT2D eigenvalue weighted by Crippen LogP contribution is -2.32. The average Bonchev–Trinajstić information content (AvgIpc) is 2.08. The summed E-state index contributed by atoms with van der Waals surface area (Å²) in [4.78, 5) is 10.4. The molecule has 0 unspecified atom stereocenters. The molecule has 0 amide bonds. The molecule has 0 heterocycles. The standard InChI is InChI=1S/C9H12N2O2.2ClH/c10-7-3-1-6(2-4-7)5-8(11)9(12)13;;/h1-4,8H,5,10-11H2,(H,12,13);2*1H/t8-;;/m0../s1. The second-order valence-corrected chi connectivity index (χ2v) is 2.89. The Morgan fingerprint density at radius 3 is 2.13 bits per heavy atom. The Bertz CT molecular complexity index is 303. The fourth-order valence-corrected chi connectivity index (χ4v) is 0.995. The third kappa shape index (κ3) is 5.47. The van der Waals surface area contributed by atoms with Gasteiger partial charge in [0.15, 0.2) is 0 Å². The highest BCUT2D eigenvalue weighted by atomic mass is 35.5. The Kier molecular flexibility index (Phi) is 8.05. The molecule has 15 heavy (non-hydrogen) atoms. The molecule has 0 aliphatic carbocycles. The summed E-state index contributed by atoms with van der Waals surface area (Å²) in [6, 6.07) is 6.16. The van der Waals surface area contributed by atoms with E-state index in [-0.39, 0.29) is 24.8 Å². The van der Waals surface area contributed by atoms with Crippen LogP contribution in [0.3, 0.4) is 0 Å². The van der Waals surface area contributed by atoms with Crippen molar-refractivity contribution in [1.29, 1.82) is 0 Å². The average molecular weight is 253 g/mol. The maximum Gasteiger partial charge on any atom is 0.320 e. The molecule has 0 aliphatic rings. The Balaban J connectivity index is 0. The molecule has 0 spiro atoms. The van der Waals surface area contributed by atoms with Crippen LogP contribution in [0.2, 0.25) is 0 Å². The van der Waals surface area contributed by atoms with Crippen LogP contribution in [0, 0.1) is 0 Å². The lowest BCUT2D eigenvalue weighted by atomic mass is 10.1. The summed E-state index contributed by atoms with van der Waals surface area (Å²) < 4.78 is 0. The molecule has 1 atom stereocenters. The zero-order valence-electron chi connectivity index (χ0n) is 7.92. The van der Waals surface area contributed by atoms with Crippen molar-refractivity contribution in [2.75, 3.05) is 5.73 Å². The lowest BCUT2D eigenvalue weighted by molar-refractivity contribution is -0.138. The van der Waals surface area contributed by atoms with Crippen molar-refractivity contribution in [2.45, 2.75) is 12.5 Å². The van der Waals surface area contributed by atoms with Gasteiger partial charge in [-0.25, -0.2) is 0 Å². The normalized spacial score (nSPS) is 10.7. The van der Waals surface area contributed by atoms with Crippen LogP contribution in [-0.2, 0) is 11.2 Å². The fourth-order valence-electron chi connectivity index (χ4n) is 0.995. The van der Waals surface area contributed by atoms with Gasteiger partial charge in [-0.05, 0) is 24.1 Å². The number of aliphatic carboxylic acids is 1. The highest BCUT2D eigenvalue weighted by molar-refractivity contribution is 5.85. The third-order valence-corrected chi connectivity index (χ3v) is 1.75. The van der Waals surface area contributed by atoms with Gasteiger partial charge < -0.3 is 16.6 Å². The number of hydrogen-bond donors (Lipinski definition) is 3. The van der Waals surface area contributed by atoms with E-state index >= 15 is 0 Å². The van der Waals surface area contributed by atoms with Gasteiger partial charge in [0.05, 0.1) is 0 Å². The molecule has 4 nitrogen and oxygen atoms in total. The number of carboxylic acids is 1. The summed E-state index contributed by atoms with van der Waals surface area (Å²) in [6.07, 6.45) is 0.329. The second-order valence-electron chi connectivity index (χ2n) is 2.89. The number of nitrogen functional groups attached to an aromatic ring is 1. The minimum absolute atomic E-state index is 0. The van der Waals surface area contributed by atoms with Crippen molar-refractivity contribution < 1.29 is 9.90 Å². The van der Waals surface area contributed by atoms with Gasteiger partial charge in [0, 0.05) is 5.69 Å². The summed E-state index contributed by atoms with van der Waals surface area (Å²) in [5.41, 5.74) is 12.4. The molecule has 0 fully saturated rings. The predicted molar refractivity (Wildman–Crippen MR) is 64.7 cm³/mol. The summed E-state index contributed by atoms with van der Waals surface area (Å²) in [7, 11) is 0. The summed E-state index contributed by atoms with van der Waals surface area (Å²) >= 11 is 0. The summed E-state index contributed by atoms with van der Waals surface area (Å²) in [5.74, 6) is -0.989. The molecular formula is C9H14Cl2N2O2. The van der Waals surface area contributed by atoms with Gasteiger partial charge in [0.2, 0.25) is 0 Å². The van der Waals surface area contributed by atoms with Crippen LogP contribution in [0.15, 0.2) is 24.3 Å². The van der Waals surface area contributed by atoms with Crippen LogP contribution in [0.25, 0.3) is 0 Å². The van der Waals surface area contributed by atoms with Gasteiger partial charge in [-0.3, -0.25) is 4.79 Å². The van der Waals surface area contributed by atoms with Crippen LogP contribution in [0.4, 0.5) is 5.69 Å². The van der Waals surface area contributed by atoms with Crippen molar-refractivity contribution >= 4 is 36.5 Å². The molecule has 0 radical (unpaired) electrons. The van der Waals surface area contributed by atoms with Crippen molar-refractivity contribution in [3.05, 3.63) is 29.8 Å². The molecule has 1 rings (SSSR count). The molecular weight excluding hydrogens is 239 g/mol. The van der Waals surface area contributed by atoms with E-state index in [0.717, 1.165) is 5.56 Å². The number of rotatable bonds is 3. The van der Waals surface area contributed by atoms with E-state index in [2.05, 4.69) is 0 Å². The Morgan fingerprint density at radius 1 is 1.27 bits per heavy atom. The van der Waals surface area contributed by atoms with E-state index in [9.17, 15) is 4.79 Å². The first-order valence-electron chi connectivity index (χ1n) is 3.92. The molecule has 5 N–H and O–H groups in total. The molecule has 1 aromatic rings. The molecule has 0 bridgehead atoms. The predicted octanol–water partition coefficient (Wildman–Crippen LogP) is 1.07. The molecule has 1 aromatic carbocycles. The highest BCUT2D eigenvalue weighted by Crippen LogP contribution is 2.07. The number of nitrogens with two attached hydrogens (primary N) is 2. The van der Waals surface area contributed by atoms with Gasteiger partial charge in [0.1, 0.15) is 6.04 Å². The molecule has 6 heteroatoms. The zero-order chi connectivity index (χ0) is 9.84. The van der Waals surface area contributed by atoms with E-state index in [1.807, 2.05) is 0 Å². The van der Waals surface area contributed by atoms with Gasteiger partial charge in [-0.2, -0.15) is 0 Å². The third-order valence-electron chi connectivity index (χ3n) is 1.75. The van der Waals surface area contributed by atoms with Crippen LogP contribution < -0.4 is 11.5 Å². The first kappa shape index (κ1) is 16.5. The molecule has 0 saturated carbocycles. The minimum atomic E-state index is -0.989. The van der Waals surface area contributed by atoms with Crippen molar-refractivity contribution in [2.24, 2.45) is 5.73 Å². The maximum absolute atomic E-state index is 10.4. The van der Waals surface area contributed by atoms with Gasteiger partial charge in [0.25, 0.3) is 0 Å². The Labute approximate surface area is 100 Å². The summed E-state index contributed by atoms with van der Waals surface area (Å²) in [6.45, 7) is 0. The number of anilines is 1. The minimum Gasteiger partial charge on any atom is -0.480 e. The maximum atomic E-state index is 10.4. The first-order valence-corrected chi connectivity index (χ1v) is 3.92. The van der Waals surface area contributed by atoms with Crippen LogP contribution >= 0.6 is 24.8 Å². The fraction of sp³-hybridized carbons (Fsp3) is 0.222. The van der Waals surface area contributed by atoms with E-state index in [4.69, 9.17) is 16.6 Å². The van der Waals surface area contributed by atoms with Crippen molar-refractivity contribution in [3.63, 3.8) is 0 Å². The topological polar surface area (TPSA) is 89.3 Å². The van der Waals surface area contributed by atoms with Crippen molar-refractivity contribution in [3.8, 4) is 0 Å². The largest absolute Gasteiger partial charge is 0.480 e. The first-order chi connectivity index (χ1) is 6.09. The van der Waals surface area contributed by atoms with E-state index in [1.54, 1.807) is 24.3 Å². The summed E-state index contributed by atoms with van der Waals surface area (Å²) in [5, 5.41) is 8.55. The number of carbonyl (C=O) groups is 1. The molecule has 0 saturated heterocycles. The van der Waals surface area contributed by atoms with Gasteiger partial charge in [-0.1, -0.05) is 12.1 Å². The van der Waals surface area contributed by atoms with Crippen LogP contribution in [-0.4, -0.2) is 17.1 Å². The van der Waals surface area contributed by atoms with Crippen molar-refractivity contribution in [1.82, 2.24) is 0 Å². The van der Waals surface area contributed by atoms with Crippen LogP contribution in [0.1, 0.15) is 5.56 Å².